The van der Waals surface area contributed by atoms with Crippen LogP contribution in [0, 0.1) is 0 Å². The molecule has 1 heterocycles. The predicted octanol–water partition coefficient (Wildman–Crippen LogP) is 1.62. The van der Waals surface area contributed by atoms with Crippen molar-refractivity contribution in [2.75, 3.05) is 12.3 Å². The predicted molar refractivity (Wildman–Crippen MR) is 121 cm³/mol. The molecular weight excluding hydrogens is 446 g/mol. The van der Waals surface area contributed by atoms with Gasteiger partial charge in [-0.25, -0.2) is 13.2 Å². The van der Waals surface area contributed by atoms with Crippen LogP contribution in [0.5, 0.6) is 0 Å². The number of carbonyl (C=O) groups is 3. The molecule has 0 aromatic heterocycles. The normalized spacial score (nSPS) is 16.7. The maximum Gasteiger partial charge on any atom is 0.410 e. The summed E-state index contributed by atoms with van der Waals surface area (Å²) in [5.74, 6) is -1.77. The van der Waals surface area contributed by atoms with Crippen molar-refractivity contribution < 1.29 is 27.5 Å². The number of carbonyl (C=O) groups excluding carboxylic acids is 3. The Morgan fingerprint density at radius 2 is 1.70 bits per heavy atom. The first-order valence-electron chi connectivity index (χ1n) is 10.6. The Kier molecular flexibility index (Phi) is 8.05. The number of primary amides is 1. The lowest BCUT2D eigenvalue weighted by Crippen LogP contribution is -2.52. The molecule has 3 amide bonds. The van der Waals surface area contributed by atoms with Crippen LogP contribution in [0.3, 0.4) is 0 Å². The van der Waals surface area contributed by atoms with Gasteiger partial charge in [0.05, 0.1) is 10.6 Å². The molecule has 3 N–H and O–H groups in total. The minimum Gasteiger partial charge on any atom is -0.445 e. The Labute approximate surface area is 192 Å². The fourth-order valence-electron chi connectivity index (χ4n) is 3.63. The van der Waals surface area contributed by atoms with E-state index in [1.165, 1.54) is 17.0 Å². The van der Waals surface area contributed by atoms with Crippen LogP contribution in [0.15, 0.2) is 65.6 Å². The van der Waals surface area contributed by atoms with E-state index in [0.717, 1.165) is 5.56 Å². The third-order valence-corrected chi connectivity index (χ3v) is 7.20. The summed E-state index contributed by atoms with van der Waals surface area (Å²) in [6, 6.07) is 15.0. The Bertz CT molecular complexity index is 1080. The van der Waals surface area contributed by atoms with Crippen LogP contribution in [-0.4, -0.2) is 55.6 Å². The molecular formula is C23H27N3O6S. The van der Waals surface area contributed by atoms with Crippen molar-refractivity contribution in [3.63, 3.8) is 0 Å². The van der Waals surface area contributed by atoms with Gasteiger partial charge in [0.15, 0.2) is 9.84 Å². The molecule has 0 saturated carbocycles. The molecule has 2 atom stereocenters. The lowest BCUT2D eigenvalue weighted by atomic mass is 10.1. The van der Waals surface area contributed by atoms with E-state index in [2.05, 4.69) is 5.32 Å². The Morgan fingerprint density at radius 1 is 1.06 bits per heavy atom. The highest BCUT2D eigenvalue weighted by Gasteiger charge is 2.36. The second-order valence-corrected chi connectivity index (χ2v) is 9.88. The Morgan fingerprint density at radius 3 is 2.33 bits per heavy atom. The molecule has 3 rings (SSSR count). The van der Waals surface area contributed by atoms with Crippen LogP contribution < -0.4 is 11.1 Å². The van der Waals surface area contributed by atoms with Gasteiger partial charge in [-0.15, -0.1) is 0 Å². The van der Waals surface area contributed by atoms with Crippen LogP contribution in [0.25, 0.3) is 0 Å². The highest BCUT2D eigenvalue weighted by molar-refractivity contribution is 7.91. The van der Waals surface area contributed by atoms with Gasteiger partial charge in [0.2, 0.25) is 11.8 Å². The minimum atomic E-state index is -3.65. The van der Waals surface area contributed by atoms with E-state index in [1.807, 2.05) is 30.3 Å². The first-order chi connectivity index (χ1) is 15.8. The smallest absolute Gasteiger partial charge is 0.410 e. The van der Waals surface area contributed by atoms with Crippen molar-refractivity contribution in [2.24, 2.45) is 5.73 Å². The number of ether oxygens (including phenoxy) is 1. The van der Waals surface area contributed by atoms with Gasteiger partial charge < -0.3 is 15.8 Å². The van der Waals surface area contributed by atoms with Gasteiger partial charge in [-0.1, -0.05) is 48.5 Å². The zero-order chi connectivity index (χ0) is 23.8. The average Bonchev–Trinajstić information content (AvgIpc) is 3.31. The van der Waals surface area contributed by atoms with Crippen LogP contribution in [0.4, 0.5) is 4.79 Å². The molecule has 2 aromatic rings. The molecule has 0 radical (unpaired) electrons. The van der Waals surface area contributed by atoms with E-state index in [4.69, 9.17) is 10.5 Å². The van der Waals surface area contributed by atoms with E-state index >= 15 is 0 Å². The van der Waals surface area contributed by atoms with Gasteiger partial charge in [-0.3, -0.25) is 14.5 Å². The van der Waals surface area contributed by atoms with E-state index in [9.17, 15) is 22.8 Å². The SMILES string of the molecule is NC(=O)[C@H](CCS(=O)(=O)c1ccccc1)NC(=O)[C@H]1CCCN1C(=O)OCc1ccccc1. The maximum absolute atomic E-state index is 12.8. The van der Waals surface area contributed by atoms with Crippen molar-refractivity contribution in [3.8, 4) is 0 Å². The molecule has 33 heavy (non-hydrogen) atoms. The lowest BCUT2D eigenvalue weighted by molar-refractivity contribution is -0.130. The molecule has 10 heteroatoms. The quantitative estimate of drug-likeness (QED) is 0.568. The molecule has 9 nitrogen and oxygen atoms in total. The number of nitrogens with one attached hydrogen (secondary N) is 1. The number of hydrogen-bond donors (Lipinski definition) is 2. The second kappa shape index (κ2) is 11.0. The van der Waals surface area contributed by atoms with E-state index < -0.39 is 39.8 Å². The summed E-state index contributed by atoms with van der Waals surface area (Å²) in [5, 5.41) is 2.51. The summed E-state index contributed by atoms with van der Waals surface area (Å²) in [4.78, 5) is 38.7. The first kappa shape index (κ1) is 24.2. The topological polar surface area (TPSA) is 136 Å². The number of benzene rings is 2. The highest BCUT2D eigenvalue weighted by Crippen LogP contribution is 2.20. The molecule has 1 saturated heterocycles. The largest absolute Gasteiger partial charge is 0.445 e. The van der Waals surface area contributed by atoms with Crippen molar-refractivity contribution >= 4 is 27.7 Å². The summed E-state index contributed by atoms with van der Waals surface area (Å²) in [5.41, 5.74) is 6.22. The van der Waals surface area contributed by atoms with Gasteiger partial charge >= 0.3 is 6.09 Å². The van der Waals surface area contributed by atoms with E-state index in [1.54, 1.807) is 18.2 Å². The third-order valence-electron chi connectivity index (χ3n) is 5.43. The van der Waals surface area contributed by atoms with Gasteiger partial charge in [0, 0.05) is 6.54 Å². The van der Waals surface area contributed by atoms with Crippen LogP contribution in [0.1, 0.15) is 24.8 Å². The molecule has 176 valence electrons. The van der Waals surface area contributed by atoms with Gasteiger partial charge in [0.1, 0.15) is 18.7 Å². The lowest BCUT2D eigenvalue weighted by Gasteiger charge is -2.25. The van der Waals surface area contributed by atoms with Crippen molar-refractivity contribution in [1.29, 1.82) is 0 Å². The number of amides is 3. The second-order valence-electron chi connectivity index (χ2n) is 7.78. The van der Waals surface area contributed by atoms with Gasteiger partial charge in [-0.2, -0.15) is 0 Å². The number of nitrogens with two attached hydrogens (primary N) is 1. The molecule has 1 aliphatic rings. The van der Waals surface area contributed by atoms with Crippen molar-refractivity contribution in [3.05, 3.63) is 66.2 Å². The van der Waals surface area contributed by atoms with E-state index in [0.29, 0.717) is 19.4 Å². The fraction of sp³-hybridized carbons (Fsp3) is 0.348. The van der Waals surface area contributed by atoms with Crippen molar-refractivity contribution in [1.82, 2.24) is 10.2 Å². The van der Waals surface area contributed by atoms with Gasteiger partial charge in [-0.05, 0) is 37.0 Å². The summed E-state index contributed by atoms with van der Waals surface area (Å²) in [6.45, 7) is 0.418. The van der Waals surface area contributed by atoms with Crippen LogP contribution >= 0.6 is 0 Å². The Hall–Kier alpha value is -3.40. The summed E-state index contributed by atoms with van der Waals surface area (Å²) < 4.78 is 30.3. The number of hydrogen-bond acceptors (Lipinski definition) is 6. The van der Waals surface area contributed by atoms with Crippen LogP contribution in [0.2, 0.25) is 0 Å². The highest BCUT2D eigenvalue weighted by atomic mass is 32.2. The van der Waals surface area contributed by atoms with E-state index in [-0.39, 0.29) is 23.7 Å². The molecule has 0 aliphatic carbocycles. The Balaban J connectivity index is 1.58. The zero-order valence-electron chi connectivity index (χ0n) is 18.1. The summed E-state index contributed by atoms with van der Waals surface area (Å²) >= 11 is 0. The zero-order valence-corrected chi connectivity index (χ0v) is 18.9. The molecule has 1 fully saturated rings. The monoisotopic (exact) mass is 473 g/mol. The standard InChI is InChI=1S/C23H27N3O6S/c24-21(27)19(13-15-33(30,31)18-10-5-2-6-11-18)25-22(28)20-12-7-14-26(20)23(29)32-16-17-8-3-1-4-9-17/h1-6,8-11,19-20H,7,12-16H2,(H2,24,27)(H,25,28)/t19-,20+/m0/s1. The number of likely N-dealkylation sites (tertiary alicyclic amines) is 1. The molecule has 0 bridgehead atoms. The minimum absolute atomic E-state index is 0.0752. The number of nitrogens with zero attached hydrogens (tertiary/aromatic N) is 1. The fourth-order valence-corrected chi connectivity index (χ4v) is 4.99. The molecule has 2 aromatic carbocycles. The number of rotatable bonds is 9. The summed E-state index contributed by atoms with van der Waals surface area (Å²) in [7, 11) is -3.65. The first-order valence-corrected chi connectivity index (χ1v) is 12.3. The number of sulfone groups is 1. The van der Waals surface area contributed by atoms with Crippen LogP contribution in [-0.2, 0) is 30.8 Å². The maximum atomic E-state index is 12.8. The molecule has 0 unspecified atom stereocenters. The van der Waals surface area contributed by atoms with Crippen molar-refractivity contribution in [2.45, 2.75) is 42.8 Å². The van der Waals surface area contributed by atoms with Gasteiger partial charge in [0.25, 0.3) is 0 Å². The summed E-state index contributed by atoms with van der Waals surface area (Å²) in [6.07, 6.45) is 0.199. The molecule has 1 aliphatic heterocycles. The third kappa shape index (κ3) is 6.55. The average molecular weight is 474 g/mol. The molecule has 0 spiro atoms.